The number of halogens is 1. The molecule has 1 aliphatic carbocycles. The molecule has 0 radical (unpaired) electrons. The van der Waals surface area contributed by atoms with Crippen molar-refractivity contribution in [2.75, 3.05) is 19.7 Å². The fourth-order valence-electron chi connectivity index (χ4n) is 2.45. The summed E-state index contributed by atoms with van der Waals surface area (Å²) in [5, 5.41) is 6.35. The topological polar surface area (TPSA) is 50.4 Å². The van der Waals surface area contributed by atoms with Crippen LogP contribution in [-0.2, 0) is 0 Å². The van der Waals surface area contributed by atoms with E-state index in [1.54, 1.807) is 0 Å². The van der Waals surface area contributed by atoms with Crippen LogP contribution in [0.1, 0.15) is 36.0 Å². The average molecular weight is 311 g/mol. The van der Waals surface area contributed by atoms with E-state index in [1.165, 1.54) is 19.3 Å². The van der Waals surface area contributed by atoms with E-state index < -0.39 is 0 Å². The third-order valence-corrected chi connectivity index (χ3v) is 3.97. The number of carbonyl (C=O) groups excluding carboxylic acids is 1. The summed E-state index contributed by atoms with van der Waals surface area (Å²) in [5.41, 5.74) is 0.696. The number of hydrogen-bond acceptors (Lipinski definition) is 3. The minimum atomic E-state index is -0.00700. The van der Waals surface area contributed by atoms with Crippen LogP contribution in [0.5, 0.6) is 5.75 Å². The SMILES string of the molecule is Cl.O=C(NCC1CCCN1)c1ccc(OCC2CC2)cc1. The molecular weight excluding hydrogens is 288 g/mol. The fraction of sp³-hybridized carbons (Fsp3) is 0.562. The highest BCUT2D eigenvalue weighted by Gasteiger charge is 2.21. The maximum absolute atomic E-state index is 12.0. The van der Waals surface area contributed by atoms with Crippen LogP contribution in [0.4, 0.5) is 0 Å². The molecule has 1 saturated heterocycles. The molecule has 1 heterocycles. The summed E-state index contributed by atoms with van der Waals surface area (Å²) >= 11 is 0. The molecule has 0 spiro atoms. The highest BCUT2D eigenvalue weighted by molar-refractivity contribution is 5.94. The van der Waals surface area contributed by atoms with Crippen molar-refractivity contribution < 1.29 is 9.53 Å². The maximum atomic E-state index is 12.0. The Morgan fingerprint density at radius 1 is 1.24 bits per heavy atom. The lowest BCUT2D eigenvalue weighted by Gasteiger charge is -2.11. The monoisotopic (exact) mass is 310 g/mol. The first kappa shape index (κ1) is 16.1. The molecule has 1 aromatic rings. The van der Waals surface area contributed by atoms with Gasteiger partial charge in [-0.15, -0.1) is 12.4 Å². The van der Waals surface area contributed by atoms with E-state index in [4.69, 9.17) is 4.74 Å². The Hall–Kier alpha value is -1.26. The van der Waals surface area contributed by atoms with Crippen LogP contribution >= 0.6 is 12.4 Å². The van der Waals surface area contributed by atoms with Gasteiger partial charge in [-0.25, -0.2) is 0 Å². The van der Waals surface area contributed by atoms with Gasteiger partial charge in [0.25, 0.3) is 5.91 Å². The van der Waals surface area contributed by atoms with Crippen LogP contribution < -0.4 is 15.4 Å². The quantitative estimate of drug-likeness (QED) is 0.848. The Morgan fingerprint density at radius 2 is 2.00 bits per heavy atom. The number of nitrogens with one attached hydrogen (secondary N) is 2. The van der Waals surface area contributed by atoms with E-state index in [-0.39, 0.29) is 18.3 Å². The lowest BCUT2D eigenvalue weighted by atomic mass is 10.2. The van der Waals surface area contributed by atoms with E-state index in [0.717, 1.165) is 31.2 Å². The van der Waals surface area contributed by atoms with Crippen molar-refractivity contribution in [2.24, 2.45) is 5.92 Å². The second kappa shape index (κ2) is 7.66. The van der Waals surface area contributed by atoms with E-state index in [9.17, 15) is 4.79 Å². The van der Waals surface area contributed by atoms with Gasteiger partial charge in [-0.2, -0.15) is 0 Å². The predicted octanol–water partition coefficient (Wildman–Crippen LogP) is 2.38. The molecule has 0 aromatic heterocycles. The fourth-order valence-corrected chi connectivity index (χ4v) is 2.45. The molecule has 1 aliphatic heterocycles. The first-order valence-electron chi connectivity index (χ1n) is 7.56. The zero-order chi connectivity index (χ0) is 13.8. The van der Waals surface area contributed by atoms with Crippen LogP contribution in [0, 0.1) is 5.92 Å². The Bertz CT molecular complexity index is 454. The molecule has 1 atom stereocenters. The second-order valence-electron chi connectivity index (χ2n) is 5.78. The van der Waals surface area contributed by atoms with Gasteiger partial charge >= 0.3 is 0 Å². The van der Waals surface area contributed by atoms with Gasteiger partial charge in [-0.1, -0.05) is 0 Å². The normalized spacial score (nSPS) is 20.7. The number of amides is 1. The number of hydrogen-bond donors (Lipinski definition) is 2. The van der Waals surface area contributed by atoms with Crippen LogP contribution in [0.15, 0.2) is 24.3 Å². The molecule has 2 fully saturated rings. The summed E-state index contributed by atoms with van der Waals surface area (Å²) in [5.74, 6) is 1.59. The Kier molecular flexibility index (Phi) is 5.88. The van der Waals surface area contributed by atoms with Crippen molar-refractivity contribution in [3.63, 3.8) is 0 Å². The van der Waals surface area contributed by atoms with Crippen LogP contribution in [0.3, 0.4) is 0 Å². The van der Waals surface area contributed by atoms with Gasteiger partial charge in [0.1, 0.15) is 5.75 Å². The summed E-state index contributed by atoms with van der Waals surface area (Å²) < 4.78 is 5.66. The minimum Gasteiger partial charge on any atom is -0.493 e. The van der Waals surface area contributed by atoms with Crippen molar-refractivity contribution in [3.05, 3.63) is 29.8 Å². The van der Waals surface area contributed by atoms with Crippen LogP contribution in [0.25, 0.3) is 0 Å². The molecule has 4 nitrogen and oxygen atoms in total. The highest BCUT2D eigenvalue weighted by Crippen LogP contribution is 2.29. The van der Waals surface area contributed by atoms with Gasteiger partial charge in [0, 0.05) is 18.2 Å². The standard InChI is InChI=1S/C16H22N2O2.ClH/c19-16(18-10-14-2-1-9-17-14)13-5-7-15(8-6-13)20-11-12-3-4-12;/h5-8,12,14,17H,1-4,9-11H2,(H,18,19);1H. The molecule has 3 rings (SSSR count). The Balaban J connectivity index is 0.00000161. The first-order chi connectivity index (χ1) is 9.81. The lowest BCUT2D eigenvalue weighted by Crippen LogP contribution is -2.37. The second-order valence-corrected chi connectivity index (χ2v) is 5.78. The highest BCUT2D eigenvalue weighted by atomic mass is 35.5. The largest absolute Gasteiger partial charge is 0.493 e. The molecule has 1 saturated carbocycles. The average Bonchev–Trinajstić information content (AvgIpc) is 3.17. The minimum absolute atomic E-state index is 0. The van der Waals surface area contributed by atoms with Crippen LogP contribution in [0.2, 0.25) is 0 Å². The van der Waals surface area contributed by atoms with Crippen molar-refractivity contribution >= 4 is 18.3 Å². The van der Waals surface area contributed by atoms with Gasteiger partial charge in [0.2, 0.25) is 0 Å². The van der Waals surface area contributed by atoms with Crippen LogP contribution in [-0.4, -0.2) is 31.6 Å². The van der Waals surface area contributed by atoms with E-state index in [0.29, 0.717) is 18.2 Å². The van der Waals surface area contributed by atoms with Gasteiger partial charge in [0.05, 0.1) is 6.61 Å². The lowest BCUT2D eigenvalue weighted by molar-refractivity contribution is 0.0950. The van der Waals surface area contributed by atoms with Gasteiger partial charge in [0.15, 0.2) is 0 Å². The number of rotatable bonds is 6. The van der Waals surface area contributed by atoms with Crippen molar-refractivity contribution in [1.82, 2.24) is 10.6 Å². The van der Waals surface area contributed by atoms with Crippen molar-refractivity contribution in [2.45, 2.75) is 31.7 Å². The summed E-state index contributed by atoms with van der Waals surface area (Å²) in [4.78, 5) is 12.0. The summed E-state index contributed by atoms with van der Waals surface area (Å²) in [6.45, 7) is 2.57. The van der Waals surface area contributed by atoms with Crippen molar-refractivity contribution in [1.29, 1.82) is 0 Å². The first-order valence-corrected chi connectivity index (χ1v) is 7.56. The molecule has 116 valence electrons. The molecule has 0 bridgehead atoms. The number of benzene rings is 1. The van der Waals surface area contributed by atoms with Gasteiger partial charge < -0.3 is 15.4 Å². The van der Waals surface area contributed by atoms with E-state index in [1.807, 2.05) is 24.3 Å². The number of ether oxygens (including phenoxy) is 1. The number of carbonyl (C=O) groups is 1. The van der Waals surface area contributed by atoms with Gasteiger partial charge in [-0.3, -0.25) is 4.79 Å². The smallest absolute Gasteiger partial charge is 0.251 e. The molecule has 2 aliphatic rings. The summed E-state index contributed by atoms with van der Waals surface area (Å²) in [6, 6.07) is 7.86. The molecule has 1 aromatic carbocycles. The molecule has 1 unspecified atom stereocenters. The third-order valence-electron chi connectivity index (χ3n) is 3.97. The van der Waals surface area contributed by atoms with Crippen molar-refractivity contribution in [3.8, 4) is 5.75 Å². The third kappa shape index (κ3) is 4.90. The van der Waals surface area contributed by atoms with E-state index in [2.05, 4.69) is 10.6 Å². The molecule has 2 N–H and O–H groups in total. The Morgan fingerprint density at radius 3 is 2.62 bits per heavy atom. The zero-order valence-electron chi connectivity index (χ0n) is 12.1. The molecular formula is C16H23ClN2O2. The van der Waals surface area contributed by atoms with Gasteiger partial charge in [-0.05, 0) is 62.4 Å². The zero-order valence-corrected chi connectivity index (χ0v) is 13.0. The van der Waals surface area contributed by atoms with E-state index >= 15 is 0 Å². The summed E-state index contributed by atoms with van der Waals surface area (Å²) in [6.07, 6.45) is 4.92. The maximum Gasteiger partial charge on any atom is 0.251 e. The Labute approximate surface area is 132 Å². The summed E-state index contributed by atoms with van der Waals surface area (Å²) in [7, 11) is 0. The molecule has 5 heteroatoms. The molecule has 1 amide bonds. The predicted molar refractivity (Wildman–Crippen MR) is 85.3 cm³/mol. The molecule has 21 heavy (non-hydrogen) atoms.